The van der Waals surface area contributed by atoms with Gasteiger partial charge in [0.15, 0.2) is 5.60 Å². The van der Waals surface area contributed by atoms with Crippen molar-refractivity contribution < 1.29 is 14.3 Å². The van der Waals surface area contributed by atoms with Crippen LogP contribution < -0.4 is 10.7 Å². The summed E-state index contributed by atoms with van der Waals surface area (Å²) in [6.07, 6.45) is 7.12. The third-order valence-electron chi connectivity index (χ3n) is 6.12. The number of hydrogen-bond acceptors (Lipinski definition) is 8. The number of carbonyl (C=O) groups is 2. The van der Waals surface area contributed by atoms with Crippen LogP contribution in [0.15, 0.2) is 42.7 Å². The molecular formula is C21H23N7O3. The van der Waals surface area contributed by atoms with Crippen LogP contribution >= 0.6 is 0 Å². The van der Waals surface area contributed by atoms with Gasteiger partial charge in [-0.05, 0) is 49.1 Å². The number of aromatic nitrogens is 5. The molecule has 0 saturated heterocycles. The molecule has 2 heterocycles. The fourth-order valence-corrected chi connectivity index (χ4v) is 4.17. The Bertz CT molecular complexity index is 1100. The summed E-state index contributed by atoms with van der Waals surface area (Å²) in [6, 6.07) is 9.50. The van der Waals surface area contributed by atoms with E-state index in [0.29, 0.717) is 31.6 Å². The highest BCUT2D eigenvalue weighted by atomic mass is 16.6. The third-order valence-corrected chi connectivity index (χ3v) is 6.12. The minimum absolute atomic E-state index is 0.0302. The molecule has 2 aromatic heterocycles. The SMILES string of the molecule is NC(=O)C1(OC(=O)C2CCC(N(c3ncccn3)n3nnc4ccccc43)CC2)CC1. The molecule has 1 aromatic carbocycles. The number of esters is 1. The van der Waals surface area contributed by atoms with E-state index in [-0.39, 0.29) is 17.9 Å². The van der Waals surface area contributed by atoms with Crippen LogP contribution in [0.5, 0.6) is 0 Å². The normalized spacial score (nSPS) is 22.1. The van der Waals surface area contributed by atoms with Crippen LogP contribution in [0.1, 0.15) is 38.5 Å². The summed E-state index contributed by atoms with van der Waals surface area (Å²) in [5.41, 5.74) is 5.95. The molecule has 5 rings (SSSR count). The molecule has 0 atom stereocenters. The molecule has 0 radical (unpaired) electrons. The average molecular weight is 421 g/mol. The van der Waals surface area contributed by atoms with Crippen molar-refractivity contribution in [3.8, 4) is 0 Å². The van der Waals surface area contributed by atoms with Crippen LogP contribution in [-0.4, -0.2) is 48.6 Å². The van der Waals surface area contributed by atoms with Crippen LogP contribution in [0, 0.1) is 5.92 Å². The van der Waals surface area contributed by atoms with Crippen molar-refractivity contribution in [2.75, 3.05) is 5.01 Å². The van der Waals surface area contributed by atoms with Crippen LogP contribution in [0.3, 0.4) is 0 Å². The molecule has 31 heavy (non-hydrogen) atoms. The predicted octanol–water partition coefficient (Wildman–Crippen LogP) is 1.61. The first-order valence-electron chi connectivity index (χ1n) is 10.5. The number of fused-ring (bicyclic) bond motifs is 1. The minimum atomic E-state index is -1.07. The van der Waals surface area contributed by atoms with Crippen molar-refractivity contribution >= 4 is 28.9 Å². The molecule has 2 aliphatic carbocycles. The Morgan fingerprint density at radius 2 is 1.77 bits per heavy atom. The van der Waals surface area contributed by atoms with Gasteiger partial charge in [0.2, 0.25) is 5.95 Å². The van der Waals surface area contributed by atoms with Crippen molar-refractivity contribution in [2.24, 2.45) is 11.7 Å². The lowest BCUT2D eigenvalue weighted by Gasteiger charge is -2.35. The van der Waals surface area contributed by atoms with E-state index in [4.69, 9.17) is 10.5 Å². The largest absolute Gasteiger partial charge is 0.449 e. The summed E-state index contributed by atoms with van der Waals surface area (Å²) in [4.78, 5) is 34.8. The Morgan fingerprint density at radius 3 is 2.45 bits per heavy atom. The van der Waals surface area contributed by atoms with Gasteiger partial charge in [0, 0.05) is 25.2 Å². The summed E-state index contributed by atoms with van der Waals surface area (Å²) in [7, 11) is 0. The van der Waals surface area contributed by atoms with E-state index in [1.807, 2.05) is 29.3 Å². The number of nitrogens with two attached hydrogens (primary N) is 1. The molecular weight excluding hydrogens is 398 g/mol. The van der Waals surface area contributed by atoms with Crippen molar-refractivity contribution in [3.05, 3.63) is 42.7 Å². The molecule has 2 fully saturated rings. The Morgan fingerprint density at radius 1 is 1.06 bits per heavy atom. The van der Waals surface area contributed by atoms with Crippen LogP contribution in [0.4, 0.5) is 5.95 Å². The number of primary amides is 1. The van der Waals surface area contributed by atoms with Crippen molar-refractivity contribution in [1.82, 2.24) is 25.1 Å². The van der Waals surface area contributed by atoms with Crippen LogP contribution in [0.25, 0.3) is 11.0 Å². The molecule has 0 unspecified atom stereocenters. The molecule has 1 amide bonds. The summed E-state index contributed by atoms with van der Waals surface area (Å²) < 4.78 is 5.48. The summed E-state index contributed by atoms with van der Waals surface area (Å²) in [5, 5.41) is 10.6. The first kappa shape index (κ1) is 19.4. The number of amides is 1. The maximum absolute atomic E-state index is 12.6. The van der Waals surface area contributed by atoms with Gasteiger partial charge >= 0.3 is 5.97 Å². The van der Waals surface area contributed by atoms with Gasteiger partial charge in [0.05, 0.1) is 12.0 Å². The zero-order valence-electron chi connectivity index (χ0n) is 16.9. The van der Waals surface area contributed by atoms with E-state index >= 15 is 0 Å². The zero-order valence-corrected chi connectivity index (χ0v) is 16.9. The third kappa shape index (κ3) is 3.58. The van der Waals surface area contributed by atoms with E-state index in [9.17, 15) is 9.59 Å². The molecule has 0 aliphatic heterocycles. The van der Waals surface area contributed by atoms with E-state index in [1.165, 1.54) is 0 Å². The molecule has 0 bridgehead atoms. The molecule has 2 N–H and O–H groups in total. The van der Waals surface area contributed by atoms with Crippen molar-refractivity contribution in [3.63, 3.8) is 0 Å². The molecule has 10 nitrogen and oxygen atoms in total. The topological polar surface area (TPSA) is 129 Å². The van der Waals surface area contributed by atoms with E-state index < -0.39 is 11.5 Å². The number of anilines is 1. The molecule has 0 spiro atoms. The highest BCUT2D eigenvalue weighted by molar-refractivity contribution is 5.89. The number of ether oxygens (including phenoxy) is 1. The number of hydrogen-bond donors (Lipinski definition) is 1. The maximum atomic E-state index is 12.6. The van der Waals surface area contributed by atoms with E-state index in [2.05, 4.69) is 20.3 Å². The standard InChI is InChI=1S/C21H23N7O3/c22-19(30)21(10-11-21)31-18(29)14-6-8-15(9-7-14)27(20-23-12-3-13-24-20)28-17-5-2-1-4-16(17)25-26-28/h1-5,12-15H,6-11H2,(H2,22,30). The van der Waals surface area contributed by atoms with Crippen LogP contribution in [-0.2, 0) is 14.3 Å². The number of benzene rings is 1. The lowest BCUT2D eigenvalue weighted by Crippen LogP contribution is -2.45. The average Bonchev–Trinajstić information content (AvgIpc) is 3.47. The summed E-state index contributed by atoms with van der Waals surface area (Å²) in [6.45, 7) is 0. The quantitative estimate of drug-likeness (QED) is 0.594. The Hall–Kier alpha value is -3.56. The number of carbonyl (C=O) groups excluding carboxylic acids is 2. The molecule has 2 saturated carbocycles. The first-order valence-corrected chi connectivity index (χ1v) is 10.5. The Balaban J connectivity index is 1.36. The van der Waals surface area contributed by atoms with Gasteiger partial charge in [-0.3, -0.25) is 9.59 Å². The van der Waals surface area contributed by atoms with Gasteiger partial charge in [0.1, 0.15) is 11.0 Å². The molecule has 10 heteroatoms. The van der Waals surface area contributed by atoms with E-state index in [0.717, 1.165) is 23.9 Å². The first-order chi connectivity index (χ1) is 15.1. The second-order valence-electron chi connectivity index (χ2n) is 8.15. The highest BCUT2D eigenvalue weighted by Crippen LogP contribution is 2.41. The number of para-hydroxylation sites is 1. The van der Waals surface area contributed by atoms with Crippen molar-refractivity contribution in [2.45, 2.75) is 50.2 Å². The Kier molecular flexibility index (Phi) is 4.76. The van der Waals surface area contributed by atoms with Gasteiger partial charge in [-0.25, -0.2) is 15.0 Å². The second kappa shape index (κ2) is 7.60. The molecule has 3 aromatic rings. The number of rotatable bonds is 6. The summed E-state index contributed by atoms with van der Waals surface area (Å²) >= 11 is 0. The Labute approximate surface area is 178 Å². The smallest absolute Gasteiger partial charge is 0.309 e. The lowest BCUT2D eigenvalue weighted by molar-refractivity contribution is -0.162. The fourth-order valence-electron chi connectivity index (χ4n) is 4.17. The van der Waals surface area contributed by atoms with E-state index in [1.54, 1.807) is 23.3 Å². The number of nitrogens with zero attached hydrogens (tertiary/aromatic N) is 6. The fraction of sp³-hybridized carbons (Fsp3) is 0.429. The molecule has 2 aliphatic rings. The van der Waals surface area contributed by atoms with Gasteiger partial charge in [0.25, 0.3) is 5.91 Å². The zero-order chi connectivity index (χ0) is 21.4. The summed E-state index contributed by atoms with van der Waals surface area (Å²) in [5.74, 6) is -0.614. The monoisotopic (exact) mass is 421 g/mol. The van der Waals surface area contributed by atoms with Crippen molar-refractivity contribution in [1.29, 1.82) is 0 Å². The second-order valence-corrected chi connectivity index (χ2v) is 8.15. The molecule has 160 valence electrons. The van der Waals surface area contributed by atoms with Gasteiger partial charge in [-0.15, -0.1) is 9.89 Å². The van der Waals surface area contributed by atoms with Gasteiger partial charge in [-0.2, -0.15) is 0 Å². The lowest BCUT2D eigenvalue weighted by atomic mass is 9.86. The maximum Gasteiger partial charge on any atom is 0.309 e. The predicted molar refractivity (Wildman–Crippen MR) is 110 cm³/mol. The van der Waals surface area contributed by atoms with Gasteiger partial charge < -0.3 is 10.5 Å². The highest BCUT2D eigenvalue weighted by Gasteiger charge is 2.53. The van der Waals surface area contributed by atoms with Crippen LogP contribution in [0.2, 0.25) is 0 Å². The van der Waals surface area contributed by atoms with Gasteiger partial charge in [-0.1, -0.05) is 12.1 Å². The minimum Gasteiger partial charge on any atom is -0.449 e.